The number of hydrogen-bond donors (Lipinski definition) is 1. The average molecular weight is 454 g/mol. The molecule has 0 spiro atoms. The van der Waals surface area contributed by atoms with Gasteiger partial charge in [-0.1, -0.05) is 30.0 Å². The van der Waals surface area contributed by atoms with Crippen LogP contribution in [0.1, 0.15) is 18.3 Å². The van der Waals surface area contributed by atoms with E-state index in [9.17, 15) is 22.4 Å². The highest BCUT2D eigenvalue weighted by atomic mass is 32.2. The van der Waals surface area contributed by atoms with Crippen molar-refractivity contribution in [1.82, 2.24) is 14.8 Å². The number of nitrogens with one attached hydrogen (secondary N) is 1. The number of alkyl halides is 3. The van der Waals surface area contributed by atoms with E-state index in [1.54, 1.807) is 16.7 Å². The van der Waals surface area contributed by atoms with Crippen molar-refractivity contribution in [2.45, 2.75) is 31.4 Å². The first-order valence-corrected chi connectivity index (χ1v) is 10.2. The fourth-order valence-electron chi connectivity index (χ4n) is 2.65. The predicted octanol–water partition coefficient (Wildman–Crippen LogP) is 4.77. The van der Waals surface area contributed by atoms with Crippen molar-refractivity contribution in [3.63, 3.8) is 0 Å². The highest BCUT2D eigenvalue weighted by Crippen LogP contribution is 2.30. The number of benzene rings is 2. The van der Waals surface area contributed by atoms with Crippen molar-refractivity contribution in [2.24, 2.45) is 0 Å². The zero-order valence-corrected chi connectivity index (χ0v) is 17.1. The van der Waals surface area contributed by atoms with Gasteiger partial charge in [0.1, 0.15) is 6.61 Å². The molecule has 0 bridgehead atoms. The van der Waals surface area contributed by atoms with Crippen LogP contribution in [0.4, 0.5) is 23.2 Å². The minimum atomic E-state index is -4.49. The molecule has 0 aliphatic heterocycles. The van der Waals surface area contributed by atoms with Crippen molar-refractivity contribution in [3.05, 3.63) is 65.7 Å². The molecule has 1 aromatic heterocycles. The predicted molar refractivity (Wildman–Crippen MR) is 107 cm³/mol. The second-order valence-electron chi connectivity index (χ2n) is 6.28. The molecule has 6 nitrogen and oxygen atoms in total. The van der Waals surface area contributed by atoms with Crippen LogP contribution in [-0.2, 0) is 24.1 Å². The molecule has 0 radical (unpaired) electrons. The van der Waals surface area contributed by atoms with Gasteiger partial charge in [0.05, 0.1) is 11.3 Å². The number of hydrogen-bond acceptors (Lipinski definition) is 5. The Morgan fingerprint density at radius 3 is 2.65 bits per heavy atom. The maximum absolute atomic E-state index is 13.7. The molecule has 0 atom stereocenters. The molecule has 0 saturated heterocycles. The van der Waals surface area contributed by atoms with Crippen LogP contribution in [0.15, 0.2) is 53.7 Å². The number of anilines is 1. The quantitative estimate of drug-likeness (QED) is 0.392. The lowest BCUT2D eigenvalue weighted by Gasteiger charge is -2.10. The van der Waals surface area contributed by atoms with Gasteiger partial charge >= 0.3 is 6.18 Å². The van der Waals surface area contributed by atoms with Gasteiger partial charge in [-0.15, -0.1) is 10.2 Å². The van der Waals surface area contributed by atoms with E-state index < -0.39 is 23.5 Å². The summed E-state index contributed by atoms with van der Waals surface area (Å²) in [6.45, 7) is 2.32. The molecule has 11 heteroatoms. The maximum atomic E-state index is 13.7. The van der Waals surface area contributed by atoms with Crippen LogP contribution in [0.2, 0.25) is 0 Å². The van der Waals surface area contributed by atoms with E-state index in [0.717, 1.165) is 23.9 Å². The zero-order valence-electron chi connectivity index (χ0n) is 16.3. The normalized spacial score (nSPS) is 11.4. The summed E-state index contributed by atoms with van der Waals surface area (Å²) in [5.41, 5.74) is -0.792. The minimum absolute atomic E-state index is 0.0151. The summed E-state index contributed by atoms with van der Waals surface area (Å²) in [5.74, 6) is -0.526. The van der Waals surface area contributed by atoms with Crippen LogP contribution in [0.5, 0.6) is 5.75 Å². The topological polar surface area (TPSA) is 69.0 Å². The van der Waals surface area contributed by atoms with Crippen LogP contribution in [0.25, 0.3) is 0 Å². The number of thioether (sulfide) groups is 1. The molecule has 0 fully saturated rings. The third-order valence-electron chi connectivity index (χ3n) is 4.11. The first-order valence-electron chi connectivity index (χ1n) is 9.17. The number of carbonyl (C=O) groups is 1. The third kappa shape index (κ3) is 5.97. The van der Waals surface area contributed by atoms with Crippen LogP contribution < -0.4 is 10.1 Å². The van der Waals surface area contributed by atoms with Gasteiger partial charge in [0.2, 0.25) is 5.91 Å². The number of amides is 1. The Labute approximate surface area is 179 Å². The van der Waals surface area contributed by atoms with E-state index in [0.29, 0.717) is 17.5 Å². The van der Waals surface area contributed by atoms with Gasteiger partial charge in [-0.25, -0.2) is 4.39 Å². The summed E-state index contributed by atoms with van der Waals surface area (Å²) in [4.78, 5) is 12.2. The van der Waals surface area contributed by atoms with Crippen LogP contribution in [0, 0.1) is 5.82 Å². The summed E-state index contributed by atoms with van der Waals surface area (Å²) < 4.78 is 59.2. The third-order valence-corrected chi connectivity index (χ3v) is 5.08. The van der Waals surface area contributed by atoms with Crippen LogP contribution >= 0.6 is 11.8 Å². The van der Waals surface area contributed by atoms with Gasteiger partial charge in [0.15, 0.2) is 22.5 Å². The highest BCUT2D eigenvalue weighted by Gasteiger charge is 2.30. The Hall–Kier alpha value is -3.08. The minimum Gasteiger partial charge on any atom is -0.483 e. The molecule has 164 valence electrons. The molecule has 3 aromatic rings. The van der Waals surface area contributed by atoms with E-state index in [-0.39, 0.29) is 23.8 Å². The maximum Gasteiger partial charge on any atom is 0.416 e. The van der Waals surface area contributed by atoms with Gasteiger partial charge in [0, 0.05) is 12.2 Å². The summed E-state index contributed by atoms with van der Waals surface area (Å²) in [7, 11) is 0. The summed E-state index contributed by atoms with van der Waals surface area (Å²) >= 11 is 1.08. The van der Waals surface area contributed by atoms with Crippen molar-refractivity contribution in [1.29, 1.82) is 0 Å². The number of para-hydroxylation sites is 1. The van der Waals surface area contributed by atoms with Crippen molar-refractivity contribution >= 4 is 23.4 Å². The van der Waals surface area contributed by atoms with Crippen LogP contribution in [-0.4, -0.2) is 26.4 Å². The summed E-state index contributed by atoms with van der Waals surface area (Å²) in [5, 5.41) is 10.9. The Morgan fingerprint density at radius 2 is 1.94 bits per heavy atom. The Kier molecular flexibility index (Phi) is 7.16. The lowest BCUT2D eigenvalue weighted by atomic mass is 10.2. The van der Waals surface area contributed by atoms with Gasteiger partial charge in [-0.05, 0) is 37.3 Å². The molecule has 0 aliphatic carbocycles. The molecule has 1 heterocycles. The zero-order chi connectivity index (χ0) is 22.4. The molecule has 2 aromatic carbocycles. The first-order chi connectivity index (χ1) is 14.8. The largest absolute Gasteiger partial charge is 0.483 e. The number of nitrogens with zero attached hydrogens (tertiary/aromatic N) is 3. The summed E-state index contributed by atoms with van der Waals surface area (Å²) in [6.07, 6.45) is -4.49. The van der Waals surface area contributed by atoms with Gasteiger partial charge < -0.3 is 14.6 Å². The number of ether oxygens (including phenoxy) is 1. The highest BCUT2D eigenvalue weighted by molar-refractivity contribution is 7.99. The van der Waals surface area contributed by atoms with Gasteiger partial charge in [-0.3, -0.25) is 4.79 Å². The smallest absolute Gasteiger partial charge is 0.416 e. The Bertz CT molecular complexity index is 1060. The number of carbonyl (C=O) groups excluding carboxylic acids is 1. The lowest BCUT2D eigenvalue weighted by molar-refractivity contribution is -0.137. The van der Waals surface area contributed by atoms with Crippen molar-refractivity contribution < 1.29 is 27.1 Å². The number of rotatable bonds is 8. The lowest BCUT2D eigenvalue weighted by Crippen LogP contribution is -2.15. The van der Waals surface area contributed by atoms with E-state index >= 15 is 0 Å². The second kappa shape index (κ2) is 9.82. The average Bonchev–Trinajstić information content (AvgIpc) is 3.13. The van der Waals surface area contributed by atoms with Crippen molar-refractivity contribution in [2.75, 3.05) is 11.1 Å². The van der Waals surface area contributed by atoms with Crippen molar-refractivity contribution in [3.8, 4) is 5.75 Å². The molecule has 31 heavy (non-hydrogen) atoms. The van der Waals surface area contributed by atoms with Crippen LogP contribution in [0.3, 0.4) is 0 Å². The molecule has 3 rings (SSSR count). The monoisotopic (exact) mass is 454 g/mol. The Morgan fingerprint density at radius 1 is 1.16 bits per heavy atom. The summed E-state index contributed by atoms with van der Waals surface area (Å²) in [6, 6.07) is 10.4. The molecular formula is C20H18F4N4O2S. The molecule has 1 N–H and O–H groups in total. The Balaban J connectivity index is 1.59. The van der Waals surface area contributed by atoms with E-state index in [4.69, 9.17) is 4.74 Å². The SMILES string of the molecule is CCn1c(COc2ccccc2F)nnc1SCC(=O)Nc1cccc(C(F)(F)F)c1. The molecule has 0 saturated carbocycles. The molecule has 0 aliphatic rings. The van der Waals surface area contributed by atoms with E-state index in [1.165, 1.54) is 24.3 Å². The number of halogens is 4. The fraction of sp³-hybridized carbons (Fsp3) is 0.250. The van der Waals surface area contributed by atoms with Gasteiger partial charge in [-0.2, -0.15) is 13.2 Å². The fourth-order valence-corrected chi connectivity index (χ4v) is 3.48. The molecule has 1 amide bonds. The van der Waals surface area contributed by atoms with E-state index in [1.807, 2.05) is 6.92 Å². The van der Waals surface area contributed by atoms with Gasteiger partial charge in [0.25, 0.3) is 0 Å². The molecule has 0 unspecified atom stereocenters. The second-order valence-corrected chi connectivity index (χ2v) is 7.22. The first kappa shape index (κ1) is 22.6. The van der Waals surface area contributed by atoms with E-state index in [2.05, 4.69) is 15.5 Å². The standard InChI is InChI=1S/C20H18F4N4O2S/c1-2-28-17(11-30-16-9-4-3-8-15(16)21)26-27-19(28)31-12-18(29)25-14-7-5-6-13(10-14)20(22,23)24/h3-10H,2,11-12H2,1H3,(H,25,29). The number of aromatic nitrogens is 3. The molecular weight excluding hydrogens is 436 g/mol.